The van der Waals surface area contributed by atoms with Crippen LogP contribution in [0.15, 0.2) is 23.1 Å². The Kier molecular flexibility index (Phi) is 5.97. The molecule has 2 atom stereocenters. The maximum atomic E-state index is 13.1. The summed E-state index contributed by atoms with van der Waals surface area (Å²) < 4.78 is 33.4. The van der Waals surface area contributed by atoms with Gasteiger partial charge in [-0.15, -0.1) is 0 Å². The minimum absolute atomic E-state index is 0.0528. The highest BCUT2D eigenvalue weighted by Crippen LogP contribution is 2.26. The summed E-state index contributed by atoms with van der Waals surface area (Å²) >= 11 is 0. The van der Waals surface area contributed by atoms with Gasteiger partial charge in [0.1, 0.15) is 0 Å². The van der Waals surface area contributed by atoms with Crippen LogP contribution in [0.1, 0.15) is 31.4 Å². The monoisotopic (exact) mass is 421 g/mol. The molecule has 2 fully saturated rings. The number of amides is 1. The van der Waals surface area contributed by atoms with Crippen molar-refractivity contribution in [1.29, 1.82) is 0 Å². The fourth-order valence-corrected chi connectivity index (χ4v) is 6.13. The molecule has 4 rings (SSSR count). The third-order valence-corrected chi connectivity index (χ3v) is 8.06. The van der Waals surface area contributed by atoms with E-state index < -0.39 is 10.0 Å². The van der Waals surface area contributed by atoms with Gasteiger partial charge in [-0.25, -0.2) is 8.42 Å². The van der Waals surface area contributed by atoms with E-state index in [9.17, 15) is 13.2 Å². The van der Waals surface area contributed by atoms with Crippen LogP contribution in [0, 0.1) is 0 Å². The number of aryl methyl sites for hydroxylation is 2. The van der Waals surface area contributed by atoms with Crippen molar-refractivity contribution < 1.29 is 17.9 Å². The van der Waals surface area contributed by atoms with Gasteiger partial charge in [0.05, 0.1) is 23.6 Å². The van der Waals surface area contributed by atoms with Crippen LogP contribution in [0.25, 0.3) is 0 Å². The van der Waals surface area contributed by atoms with E-state index in [1.165, 1.54) is 11.1 Å². The van der Waals surface area contributed by atoms with Crippen LogP contribution < -0.4 is 0 Å². The number of sulfonamides is 1. The normalized spacial score (nSPS) is 26.5. The number of hydrogen-bond acceptors (Lipinski definition) is 5. The molecule has 29 heavy (non-hydrogen) atoms. The zero-order valence-electron chi connectivity index (χ0n) is 17.3. The van der Waals surface area contributed by atoms with Crippen LogP contribution in [-0.2, 0) is 32.4 Å². The summed E-state index contributed by atoms with van der Waals surface area (Å²) in [6.45, 7) is 7.54. The lowest BCUT2D eigenvalue weighted by molar-refractivity contribution is -0.144. The number of benzene rings is 1. The first-order chi connectivity index (χ1) is 13.8. The first-order valence-corrected chi connectivity index (χ1v) is 12.0. The molecule has 0 unspecified atom stereocenters. The molecule has 0 bridgehead atoms. The summed E-state index contributed by atoms with van der Waals surface area (Å²) in [5, 5.41) is 0. The topological polar surface area (TPSA) is 70.2 Å². The maximum absolute atomic E-state index is 13.1. The van der Waals surface area contributed by atoms with Gasteiger partial charge in [-0.1, -0.05) is 6.07 Å². The van der Waals surface area contributed by atoms with Gasteiger partial charge >= 0.3 is 0 Å². The van der Waals surface area contributed by atoms with Gasteiger partial charge in [0.15, 0.2) is 0 Å². The van der Waals surface area contributed by atoms with Gasteiger partial charge in [0.2, 0.25) is 15.9 Å². The molecule has 0 radical (unpaired) electrons. The standard InChI is InChI=1S/C21H31N3O4S/c1-16-13-23(14-17(2)28-16)21(25)15-22-8-10-24(11-9-22)29(26,27)20-7-6-18-4-3-5-19(18)12-20/h6-7,12,16-17H,3-5,8-11,13-15H2,1-2H3/t16-,17+. The van der Waals surface area contributed by atoms with E-state index in [-0.39, 0.29) is 18.1 Å². The molecule has 3 aliphatic rings. The fourth-order valence-electron chi connectivity index (χ4n) is 4.66. The van der Waals surface area contributed by atoms with Gasteiger partial charge < -0.3 is 9.64 Å². The molecular formula is C21H31N3O4S. The number of morpholine rings is 1. The van der Waals surface area contributed by atoms with Crippen molar-refractivity contribution in [3.63, 3.8) is 0 Å². The highest BCUT2D eigenvalue weighted by Gasteiger charge is 2.32. The van der Waals surface area contributed by atoms with Crippen LogP contribution >= 0.6 is 0 Å². The molecule has 1 aliphatic carbocycles. The molecule has 0 aromatic heterocycles. The second-order valence-electron chi connectivity index (χ2n) is 8.52. The van der Waals surface area contributed by atoms with Crippen molar-refractivity contribution in [3.8, 4) is 0 Å². The van der Waals surface area contributed by atoms with Crippen molar-refractivity contribution in [3.05, 3.63) is 29.3 Å². The summed E-state index contributed by atoms with van der Waals surface area (Å²) in [6, 6.07) is 5.57. The summed E-state index contributed by atoms with van der Waals surface area (Å²) in [6.07, 6.45) is 3.22. The smallest absolute Gasteiger partial charge is 0.243 e. The van der Waals surface area contributed by atoms with Crippen molar-refractivity contribution >= 4 is 15.9 Å². The number of ether oxygens (including phenoxy) is 1. The Balaban J connectivity index is 1.33. The van der Waals surface area contributed by atoms with E-state index in [4.69, 9.17) is 4.74 Å². The zero-order valence-corrected chi connectivity index (χ0v) is 18.2. The molecule has 2 heterocycles. The average Bonchev–Trinajstić information content (AvgIpc) is 3.15. The van der Waals surface area contributed by atoms with E-state index in [0.717, 1.165) is 19.3 Å². The second-order valence-corrected chi connectivity index (χ2v) is 10.5. The quantitative estimate of drug-likeness (QED) is 0.729. The van der Waals surface area contributed by atoms with Gasteiger partial charge in [-0.2, -0.15) is 4.31 Å². The predicted octanol–water partition coefficient (Wildman–Crippen LogP) is 1.12. The number of piperazine rings is 1. The van der Waals surface area contributed by atoms with Crippen LogP contribution in [0.2, 0.25) is 0 Å². The van der Waals surface area contributed by atoms with Crippen molar-refractivity contribution in [2.45, 2.75) is 50.2 Å². The van der Waals surface area contributed by atoms with Crippen LogP contribution in [-0.4, -0.2) is 86.5 Å². The SMILES string of the molecule is C[C@@H]1CN(C(=O)CN2CCN(S(=O)(=O)c3ccc4c(c3)CCC4)CC2)C[C@H](C)O1. The van der Waals surface area contributed by atoms with E-state index in [0.29, 0.717) is 50.7 Å². The Hall–Kier alpha value is -1.48. The molecule has 8 heteroatoms. The molecule has 1 aromatic carbocycles. The molecule has 0 N–H and O–H groups in total. The van der Waals surface area contributed by atoms with Crippen LogP contribution in [0.5, 0.6) is 0 Å². The molecule has 160 valence electrons. The number of rotatable bonds is 4. The van der Waals surface area contributed by atoms with Gasteiger partial charge in [-0.3, -0.25) is 9.69 Å². The predicted molar refractivity (Wildman–Crippen MR) is 110 cm³/mol. The van der Waals surface area contributed by atoms with E-state index >= 15 is 0 Å². The molecule has 1 amide bonds. The first kappa shape index (κ1) is 20.8. The summed E-state index contributed by atoms with van der Waals surface area (Å²) in [5.74, 6) is 0.0990. The summed E-state index contributed by atoms with van der Waals surface area (Å²) in [4.78, 5) is 17.0. The van der Waals surface area contributed by atoms with Gasteiger partial charge in [-0.05, 0) is 56.4 Å². The minimum atomic E-state index is -3.48. The number of fused-ring (bicyclic) bond motifs is 1. The van der Waals surface area contributed by atoms with Crippen LogP contribution in [0.4, 0.5) is 0 Å². The third-order valence-electron chi connectivity index (χ3n) is 6.17. The van der Waals surface area contributed by atoms with Gasteiger partial charge in [0.25, 0.3) is 0 Å². The fraction of sp³-hybridized carbons (Fsp3) is 0.667. The highest BCUT2D eigenvalue weighted by atomic mass is 32.2. The van der Waals surface area contributed by atoms with Crippen molar-refractivity contribution in [2.24, 2.45) is 0 Å². The highest BCUT2D eigenvalue weighted by molar-refractivity contribution is 7.89. The van der Waals surface area contributed by atoms with E-state index in [1.54, 1.807) is 10.4 Å². The first-order valence-electron chi connectivity index (χ1n) is 10.6. The van der Waals surface area contributed by atoms with Crippen molar-refractivity contribution in [1.82, 2.24) is 14.1 Å². The Labute approximate surface area is 173 Å². The molecule has 7 nitrogen and oxygen atoms in total. The number of nitrogens with zero attached hydrogens (tertiary/aromatic N) is 3. The van der Waals surface area contributed by atoms with Crippen LogP contribution in [0.3, 0.4) is 0 Å². The second kappa shape index (κ2) is 8.34. The molecule has 1 aromatic rings. The Morgan fingerprint density at radius 1 is 1.03 bits per heavy atom. The minimum Gasteiger partial charge on any atom is -0.372 e. The molecule has 0 spiro atoms. The van der Waals surface area contributed by atoms with Gasteiger partial charge in [0, 0.05) is 39.3 Å². The van der Waals surface area contributed by atoms with Crippen molar-refractivity contribution in [2.75, 3.05) is 45.8 Å². The van der Waals surface area contributed by atoms with E-state index in [2.05, 4.69) is 4.90 Å². The zero-order chi connectivity index (χ0) is 20.6. The lowest BCUT2D eigenvalue weighted by Crippen LogP contribution is -2.54. The number of carbonyl (C=O) groups excluding carboxylic acids is 1. The molecule has 0 saturated carbocycles. The number of carbonyl (C=O) groups is 1. The Bertz CT molecular complexity index is 855. The Morgan fingerprint density at radius 3 is 2.38 bits per heavy atom. The van der Waals surface area contributed by atoms with E-state index in [1.807, 2.05) is 30.9 Å². The summed E-state index contributed by atoms with van der Waals surface area (Å²) in [5.41, 5.74) is 2.45. The molecular weight excluding hydrogens is 390 g/mol. The lowest BCUT2D eigenvalue weighted by atomic mass is 10.1. The maximum Gasteiger partial charge on any atom is 0.243 e. The Morgan fingerprint density at radius 2 is 1.69 bits per heavy atom. The lowest BCUT2D eigenvalue weighted by Gasteiger charge is -2.38. The summed E-state index contributed by atoms with van der Waals surface area (Å²) in [7, 11) is -3.48. The molecule has 2 saturated heterocycles. The number of hydrogen-bond donors (Lipinski definition) is 0. The average molecular weight is 422 g/mol. The largest absolute Gasteiger partial charge is 0.372 e. The molecule has 2 aliphatic heterocycles. The third kappa shape index (κ3) is 4.50.